The van der Waals surface area contributed by atoms with Gasteiger partial charge in [0, 0.05) is 19.3 Å². The van der Waals surface area contributed by atoms with E-state index in [1.807, 2.05) is 0 Å². The highest BCUT2D eigenvalue weighted by molar-refractivity contribution is 7.80. The number of thiocarbonyl (C=S) groups is 1. The van der Waals surface area contributed by atoms with Crippen LogP contribution in [0.4, 0.5) is 0 Å². The summed E-state index contributed by atoms with van der Waals surface area (Å²) in [7, 11) is 1.75. The quantitative estimate of drug-likeness (QED) is 0.488. The Bertz CT molecular complexity index is 412. The van der Waals surface area contributed by atoms with E-state index in [1.54, 1.807) is 24.0 Å². The van der Waals surface area contributed by atoms with Gasteiger partial charge < -0.3 is 5.32 Å². The second-order valence-corrected chi connectivity index (χ2v) is 4.11. The van der Waals surface area contributed by atoms with E-state index in [2.05, 4.69) is 21.3 Å². The first kappa shape index (κ1) is 10.9. The average Bonchev–Trinajstić information content (AvgIpc) is 2.95. The van der Waals surface area contributed by atoms with Gasteiger partial charge in [-0.05, 0) is 31.1 Å². The molecule has 0 aromatic carbocycles. The molecule has 1 saturated carbocycles. The molecule has 0 spiro atoms. The smallest absolute Gasteiger partial charge is 0.290 e. The summed E-state index contributed by atoms with van der Waals surface area (Å²) in [6.45, 7) is 0. The summed E-state index contributed by atoms with van der Waals surface area (Å²) < 4.78 is 1.57. The first-order valence-corrected chi connectivity index (χ1v) is 5.42. The number of carbonyl (C=O) groups excluding carboxylic acids is 1. The normalized spacial score (nSPS) is 14.3. The van der Waals surface area contributed by atoms with Crippen molar-refractivity contribution in [3.05, 3.63) is 18.0 Å². The fourth-order valence-corrected chi connectivity index (χ4v) is 1.38. The van der Waals surface area contributed by atoms with Crippen LogP contribution in [0, 0.1) is 0 Å². The van der Waals surface area contributed by atoms with Gasteiger partial charge in [-0.25, -0.2) is 0 Å². The van der Waals surface area contributed by atoms with Gasteiger partial charge in [0.1, 0.15) is 0 Å². The van der Waals surface area contributed by atoms with Crippen molar-refractivity contribution in [3.63, 3.8) is 0 Å². The topological polar surface area (TPSA) is 71.0 Å². The molecule has 1 amide bonds. The molecular weight excluding hydrogens is 226 g/mol. The Kier molecular flexibility index (Phi) is 3.04. The molecule has 7 heteroatoms. The lowest BCUT2D eigenvalue weighted by molar-refractivity contribution is 0.0938. The van der Waals surface area contributed by atoms with Crippen LogP contribution in [0.2, 0.25) is 0 Å². The van der Waals surface area contributed by atoms with Crippen LogP contribution in [0.15, 0.2) is 12.3 Å². The van der Waals surface area contributed by atoms with Crippen molar-refractivity contribution < 1.29 is 4.79 Å². The van der Waals surface area contributed by atoms with Crippen LogP contribution in [0.5, 0.6) is 0 Å². The Morgan fingerprint density at radius 1 is 1.56 bits per heavy atom. The van der Waals surface area contributed by atoms with Crippen molar-refractivity contribution in [1.29, 1.82) is 0 Å². The summed E-state index contributed by atoms with van der Waals surface area (Å²) in [6, 6.07) is 2.10. The zero-order valence-electron chi connectivity index (χ0n) is 8.86. The van der Waals surface area contributed by atoms with Crippen molar-refractivity contribution >= 4 is 23.2 Å². The largest absolute Gasteiger partial charge is 0.359 e. The maximum atomic E-state index is 11.5. The van der Waals surface area contributed by atoms with Crippen LogP contribution in [0.3, 0.4) is 0 Å². The number of hydrogen-bond acceptors (Lipinski definition) is 3. The van der Waals surface area contributed by atoms with Crippen molar-refractivity contribution in [1.82, 2.24) is 25.9 Å². The number of carbonyl (C=O) groups is 1. The molecule has 1 aliphatic carbocycles. The highest BCUT2D eigenvalue weighted by Gasteiger charge is 2.21. The molecule has 0 radical (unpaired) electrons. The van der Waals surface area contributed by atoms with Gasteiger partial charge in [-0.3, -0.25) is 20.3 Å². The maximum Gasteiger partial charge on any atom is 0.290 e. The molecule has 1 fully saturated rings. The third kappa shape index (κ3) is 2.93. The Morgan fingerprint density at radius 3 is 2.88 bits per heavy atom. The van der Waals surface area contributed by atoms with E-state index in [0.717, 1.165) is 12.8 Å². The van der Waals surface area contributed by atoms with E-state index < -0.39 is 0 Å². The summed E-state index contributed by atoms with van der Waals surface area (Å²) in [6.07, 6.45) is 3.97. The summed E-state index contributed by atoms with van der Waals surface area (Å²) in [5, 5.41) is 7.45. The van der Waals surface area contributed by atoms with Crippen LogP contribution in [-0.4, -0.2) is 26.8 Å². The number of nitrogens with one attached hydrogen (secondary N) is 3. The van der Waals surface area contributed by atoms with Gasteiger partial charge in [-0.15, -0.1) is 0 Å². The van der Waals surface area contributed by atoms with E-state index >= 15 is 0 Å². The molecule has 0 saturated heterocycles. The van der Waals surface area contributed by atoms with Gasteiger partial charge in [-0.2, -0.15) is 5.10 Å². The predicted molar refractivity (Wildman–Crippen MR) is 62.6 cm³/mol. The number of amides is 1. The summed E-state index contributed by atoms with van der Waals surface area (Å²) >= 11 is 4.98. The number of hydrazine groups is 1. The Labute approximate surface area is 98.4 Å². The molecule has 1 heterocycles. The van der Waals surface area contributed by atoms with Crippen LogP contribution in [0.1, 0.15) is 23.3 Å². The van der Waals surface area contributed by atoms with Crippen molar-refractivity contribution in [2.75, 3.05) is 0 Å². The van der Waals surface area contributed by atoms with Gasteiger partial charge in [0.15, 0.2) is 10.8 Å². The lowest BCUT2D eigenvalue weighted by Crippen LogP contribution is -2.47. The second kappa shape index (κ2) is 4.48. The molecule has 6 nitrogen and oxygen atoms in total. The number of nitrogens with zero attached hydrogens (tertiary/aromatic N) is 2. The lowest BCUT2D eigenvalue weighted by Gasteiger charge is -2.09. The second-order valence-electron chi connectivity index (χ2n) is 3.70. The van der Waals surface area contributed by atoms with Crippen LogP contribution >= 0.6 is 12.2 Å². The zero-order chi connectivity index (χ0) is 11.5. The highest BCUT2D eigenvalue weighted by Crippen LogP contribution is 2.18. The molecule has 0 atom stereocenters. The van der Waals surface area contributed by atoms with Crippen LogP contribution < -0.4 is 16.2 Å². The Hall–Kier alpha value is -1.63. The minimum absolute atomic E-state index is 0.305. The molecular formula is C9H13N5OS. The molecule has 86 valence electrons. The SMILES string of the molecule is Cn1ccc(C(=O)NNC(=S)NC2CC2)n1. The summed E-state index contributed by atoms with van der Waals surface area (Å²) in [5.41, 5.74) is 5.46. The van der Waals surface area contributed by atoms with E-state index in [1.165, 1.54) is 0 Å². The molecule has 2 rings (SSSR count). The first-order valence-electron chi connectivity index (χ1n) is 5.01. The van der Waals surface area contributed by atoms with E-state index in [0.29, 0.717) is 16.8 Å². The number of rotatable bonds is 2. The number of aryl methyl sites for hydroxylation is 1. The predicted octanol–water partition coefficient (Wildman–Crippen LogP) is -0.309. The van der Waals surface area contributed by atoms with Crippen LogP contribution in [-0.2, 0) is 7.05 Å². The third-order valence-corrected chi connectivity index (χ3v) is 2.37. The average molecular weight is 239 g/mol. The minimum atomic E-state index is -0.305. The van der Waals surface area contributed by atoms with Gasteiger partial charge in [0.25, 0.3) is 5.91 Å². The molecule has 0 unspecified atom stereocenters. The van der Waals surface area contributed by atoms with Gasteiger partial charge in [-0.1, -0.05) is 0 Å². The van der Waals surface area contributed by atoms with Crippen molar-refractivity contribution in [2.45, 2.75) is 18.9 Å². The van der Waals surface area contributed by atoms with Gasteiger partial charge >= 0.3 is 0 Å². The van der Waals surface area contributed by atoms with Crippen LogP contribution in [0.25, 0.3) is 0 Å². The molecule has 1 aromatic rings. The first-order chi connectivity index (χ1) is 7.65. The van der Waals surface area contributed by atoms with Crippen molar-refractivity contribution in [2.24, 2.45) is 7.05 Å². The molecule has 1 aromatic heterocycles. The van der Waals surface area contributed by atoms with Gasteiger partial charge in [0.05, 0.1) is 0 Å². The number of hydrogen-bond donors (Lipinski definition) is 3. The minimum Gasteiger partial charge on any atom is -0.359 e. The fourth-order valence-electron chi connectivity index (χ4n) is 1.16. The monoisotopic (exact) mass is 239 g/mol. The highest BCUT2D eigenvalue weighted by atomic mass is 32.1. The molecule has 3 N–H and O–H groups in total. The van der Waals surface area contributed by atoms with Crippen molar-refractivity contribution in [3.8, 4) is 0 Å². The maximum absolute atomic E-state index is 11.5. The van der Waals surface area contributed by atoms with E-state index in [4.69, 9.17) is 12.2 Å². The Balaban J connectivity index is 1.76. The standard InChI is InChI=1S/C9H13N5OS/c1-14-5-4-7(13-14)8(15)11-12-9(16)10-6-2-3-6/h4-6H,2-3H2,1H3,(H,11,15)(H2,10,12,16). The van der Waals surface area contributed by atoms with Gasteiger partial charge in [0.2, 0.25) is 0 Å². The third-order valence-electron chi connectivity index (χ3n) is 2.15. The van der Waals surface area contributed by atoms with E-state index in [9.17, 15) is 4.79 Å². The summed E-state index contributed by atoms with van der Waals surface area (Å²) in [4.78, 5) is 11.5. The van der Waals surface area contributed by atoms with E-state index in [-0.39, 0.29) is 5.91 Å². The fraction of sp³-hybridized carbons (Fsp3) is 0.444. The lowest BCUT2D eigenvalue weighted by atomic mass is 10.4. The Morgan fingerprint density at radius 2 is 2.31 bits per heavy atom. The molecule has 0 aliphatic heterocycles. The number of aromatic nitrogens is 2. The molecule has 1 aliphatic rings. The molecule has 0 bridgehead atoms. The summed E-state index contributed by atoms with van der Waals surface area (Å²) in [5.74, 6) is -0.305. The molecule has 16 heavy (non-hydrogen) atoms. The zero-order valence-corrected chi connectivity index (χ0v) is 9.67.